The first kappa shape index (κ1) is 17.9. The summed E-state index contributed by atoms with van der Waals surface area (Å²) in [7, 11) is -2.45. The number of ether oxygens (including phenoxy) is 1. The SMILES string of the molecule is CCCC1(C(=O)O)CCCN1S(=O)(=O)CCCC(=O)OC. The van der Waals surface area contributed by atoms with Crippen molar-refractivity contribution in [3.8, 4) is 0 Å². The van der Waals surface area contributed by atoms with Crippen LogP contribution in [-0.4, -0.2) is 54.7 Å². The largest absolute Gasteiger partial charge is 0.480 e. The Morgan fingerprint density at radius 3 is 2.57 bits per heavy atom. The van der Waals surface area contributed by atoms with Crippen LogP contribution in [0.15, 0.2) is 0 Å². The topological polar surface area (TPSA) is 101 Å². The number of nitrogens with zero attached hydrogens (tertiary/aromatic N) is 1. The van der Waals surface area contributed by atoms with E-state index in [-0.39, 0.29) is 25.1 Å². The highest BCUT2D eigenvalue weighted by Crippen LogP contribution is 2.36. The lowest BCUT2D eigenvalue weighted by molar-refractivity contribution is -0.147. The highest BCUT2D eigenvalue weighted by Gasteiger charge is 2.51. The Balaban J connectivity index is 2.85. The lowest BCUT2D eigenvalue weighted by Crippen LogP contribution is -2.53. The summed E-state index contributed by atoms with van der Waals surface area (Å²) in [6, 6.07) is 0. The monoisotopic (exact) mass is 321 g/mol. The molecule has 122 valence electrons. The highest BCUT2D eigenvalue weighted by molar-refractivity contribution is 7.89. The summed E-state index contributed by atoms with van der Waals surface area (Å²) in [6.07, 6.45) is 1.93. The number of hydrogen-bond acceptors (Lipinski definition) is 5. The molecule has 0 aliphatic carbocycles. The van der Waals surface area contributed by atoms with Gasteiger partial charge in [0.1, 0.15) is 5.54 Å². The van der Waals surface area contributed by atoms with Gasteiger partial charge >= 0.3 is 11.9 Å². The number of carbonyl (C=O) groups excluding carboxylic acids is 1. The van der Waals surface area contributed by atoms with Gasteiger partial charge in [0.05, 0.1) is 12.9 Å². The molecule has 1 N–H and O–H groups in total. The molecule has 8 heteroatoms. The van der Waals surface area contributed by atoms with Crippen LogP contribution in [0.3, 0.4) is 0 Å². The first-order chi connectivity index (χ1) is 9.80. The molecule has 1 atom stereocenters. The molecule has 1 saturated heterocycles. The van der Waals surface area contributed by atoms with Crippen LogP contribution >= 0.6 is 0 Å². The summed E-state index contributed by atoms with van der Waals surface area (Å²) >= 11 is 0. The van der Waals surface area contributed by atoms with E-state index in [2.05, 4.69) is 4.74 Å². The van der Waals surface area contributed by atoms with Gasteiger partial charge in [-0.2, -0.15) is 4.31 Å². The summed E-state index contributed by atoms with van der Waals surface area (Å²) in [5.74, 6) is -1.79. The van der Waals surface area contributed by atoms with Crippen molar-refractivity contribution in [2.24, 2.45) is 0 Å². The highest BCUT2D eigenvalue weighted by atomic mass is 32.2. The number of aliphatic carboxylic acids is 1. The Kier molecular flexibility index (Phi) is 6.15. The van der Waals surface area contributed by atoms with Crippen molar-refractivity contribution < 1.29 is 27.9 Å². The molecule has 1 aliphatic rings. The van der Waals surface area contributed by atoms with Crippen molar-refractivity contribution in [2.75, 3.05) is 19.4 Å². The Morgan fingerprint density at radius 2 is 2.05 bits per heavy atom. The van der Waals surface area contributed by atoms with E-state index in [1.54, 1.807) is 0 Å². The van der Waals surface area contributed by atoms with Gasteiger partial charge < -0.3 is 9.84 Å². The van der Waals surface area contributed by atoms with Crippen molar-refractivity contribution >= 4 is 22.0 Å². The normalized spacial score (nSPS) is 23.1. The number of methoxy groups -OCH3 is 1. The molecule has 0 amide bonds. The van der Waals surface area contributed by atoms with Crippen LogP contribution in [-0.2, 0) is 24.3 Å². The molecule has 0 aromatic heterocycles. The van der Waals surface area contributed by atoms with Gasteiger partial charge in [-0.3, -0.25) is 9.59 Å². The van der Waals surface area contributed by atoms with Crippen molar-refractivity contribution in [1.29, 1.82) is 0 Å². The van der Waals surface area contributed by atoms with Crippen LogP contribution < -0.4 is 0 Å². The molecular formula is C13H23NO6S. The van der Waals surface area contributed by atoms with Crippen LogP contribution in [0, 0.1) is 0 Å². The standard InChI is InChI=1S/C13H23NO6S/c1-3-7-13(12(16)17)8-5-9-14(13)21(18,19)10-4-6-11(15)20-2/h3-10H2,1-2H3,(H,16,17). The van der Waals surface area contributed by atoms with E-state index in [4.69, 9.17) is 0 Å². The van der Waals surface area contributed by atoms with Crippen LogP contribution in [0.2, 0.25) is 0 Å². The molecule has 1 heterocycles. The van der Waals surface area contributed by atoms with Gasteiger partial charge in [0.15, 0.2) is 0 Å². The number of carbonyl (C=O) groups is 2. The molecule has 7 nitrogen and oxygen atoms in total. The van der Waals surface area contributed by atoms with E-state index in [1.165, 1.54) is 7.11 Å². The number of hydrogen-bond donors (Lipinski definition) is 1. The zero-order chi connectivity index (χ0) is 16.1. The molecule has 0 aromatic rings. The van der Waals surface area contributed by atoms with Crippen molar-refractivity contribution in [3.63, 3.8) is 0 Å². The Hall–Kier alpha value is -1.15. The van der Waals surface area contributed by atoms with Gasteiger partial charge in [-0.1, -0.05) is 13.3 Å². The molecule has 1 fully saturated rings. The second kappa shape index (κ2) is 7.22. The third kappa shape index (κ3) is 3.94. The summed E-state index contributed by atoms with van der Waals surface area (Å²) in [4.78, 5) is 22.7. The number of carboxylic acid groups (broad SMARTS) is 1. The van der Waals surface area contributed by atoms with Gasteiger partial charge in [0.25, 0.3) is 0 Å². The lowest BCUT2D eigenvalue weighted by Gasteiger charge is -2.33. The predicted molar refractivity (Wildman–Crippen MR) is 76.3 cm³/mol. The maximum absolute atomic E-state index is 12.4. The number of sulfonamides is 1. The summed E-state index contributed by atoms with van der Waals surface area (Å²) in [5, 5.41) is 9.50. The van der Waals surface area contributed by atoms with E-state index in [1.807, 2.05) is 6.92 Å². The number of rotatable bonds is 8. The maximum atomic E-state index is 12.4. The van der Waals surface area contributed by atoms with E-state index < -0.39 is 27.5 Å². The molecule has 1 aliphatic heterocycles. The number of carboxylic acids is 1. The third-order valence-corrected chi connectivity index (χ3v) is 5.85. The van der Waals surface area contributed by atoms with Crippen molar-refractivity contribution in [2.45, 2.75) is 51.0 Å². The average Bonchev–Trinajstić information content (AvgIpc) is 2.84. The molecule has 1 unspecified atom stereocenters. The van der Waals surface area contributed by atoms with E-state index in [9.17, 15) is 23.1 Å². The van der Waals surface area contributed by atoms with Gasteiger partial charge in [0.2, 0.25) is 10.0 Å². The first-order valence-corrected chi connectivity index (χ1v) is 8.72. The van der Waals surface area contributed by atoms with Gasteiger partial charge in [-0.15, -0.1) is 0 Å². The van der Waals surface area contributed by atoms with Crippen molar-refractivity contribution in [1.82, 2.24) is 4.31 Å². The predicted octanol–water partition coefficient (Wildman–Crippen LogP) is 0.989. The lowest BCUT2D eigenvalue weighted by atomic mass is 9.92. The zero-order valence-corrected chi connectivity index (χ0v) is 13.3. The summed E-state index contributed by atoms with van der Waals surface area (Å²) in [6.45, 7) is 2.07. The van der Waals surface area contributed by atoms with Gasteiger partial charge in [-0.05, 0) is 25.7 Å². The molecule has 1 rings (SSSR count). The Bertz CT molecular complexity index is 489. The Morgan fingerprint density at radius 1 is 1.38 bits per heavy atom. The Labute approximate surface area is 125 Å². The number of esters is 1. The first-order valence-electron chi connectivity index (χ1n) is 7.11. The molecule has 0 bridgehead atoms. The molecular weight excluding hydrogens is 298 g/mol. The van der Waals surface area contributed by atoms with E-state index >= 15 is 0 Å². The quantitative estimate of drug-likeness (QED) is 0.669. The van der Waals surface area contributed by atoms with Gasteiger partial charge in [-0.25, -0.2) is 8.42 Å². The average molecular weight is 321 g/mol. The molecule has 0 aromatic carbocycles. The molecule has 0 saturated carbocycles. The van der Waals surface area contributed by atoms with Gasteiger partial charge in [0, 0.05) is 13.0 Å². The minimum atomic E-state index is -3.69. The second-order valence-electron chi connectivity index (χ2n) is 5.26. The fourth-order valence-corrected chi connectivity index (χ4v) is 4.78. The van der Waals surface area contributed by atoms with Crippen LogP contribution in [0.25, 0.3) is 0 Å². The second-order valence-corrected chi connectivity index (χ2v) is 7.27. The molecule has 0 spiro atoms. The minimum Gasteiger partial charge on any atom is -0.480 e. The van der Waals surface area contributed by atoms with Crippen LogP contribution in [0.4, 0.5) is 0 Å². The maximum Gasteiger partial charge on any atom is 0.325 e. The minimum absolute atomic E-state index is 0.0113. The summed E-state index contributed by atoms with van der Waals surface area (Å²) < 4.78 is 30.4. The van der Waals surface area contributed by atoms with Crippen LogP contribution in [0.5, 0.6) is 0 Å². The molecule has 21 heavy (non-hydrogen) atoms. The summed E-state index contributed by atoms with van der Waals surface area (Å²) in [5.41, 5.74) is -1.32. The molecule has 0 radical (unpaired) electrons. The van der Waals surface area contributed by atoms with E-state index in [0.29, 0.717) is 25.7 Å². The van der Waals surface area contributed by atoms with E-state index in [0.717, 1.165) is 4.31 Å². The fourth-order valence-electron chi connectivity index (χ4n) is 2.85. The van der Waals surface area contributed by atoms with Crippen LogP contribution in [0.1, 0.15) is 45.4 Å². The van der Waals surface area contributed by atoms with Crippen molar-refractivity contribution in [3.05, 3.63) is 0 Å². The third-order valence-electron chi connectivity index (χ3n) is 3.84. The zero-order valence-electron chi connectivity index (χ0n) is 12.5. The fraction of sp³-hybridized carbons (Fsp3) is 0.846. The smallest absolute Gasteiger partial charge is 0.325 e.